The highest BCUT2D eigenvalue weighted by molar-refractivity contribution is 7.92. The SMILES string of the molecule is CCOc1ccccc1N(CC(=O)N[C@@H](C)c1ccc2c(c1)CCC2)S(=O)(=O)c1ccc(Cl)cc1. The minimum Gasteiger partial charge on any atom is -0.492 e. The number of benzene rings is 3. The summed E-state index contributed by atoms with van der Waals surface area (Å²) in [5.74, 6) is -0.0335. The molecule has 0 heterocycles. The smallest absolute Gasteiger partial charge is 0.264 e. The first kappa shape index (κ1) is 25.1. The van der Waals surface area contributed by atoms with Crippen molar-refractivity contribution in [1.29, 1.82) is 0 Å². The molecule has 0 aliphatic heterocycles. The van der Waals surface area contributed by atoms with Crippen LogP contribution in [0.4, 0.5) is 5.69 Å². The zero-order valence-corrected chi connectivity index (χ0v) is 21.4. The van der Waals surface area contributed by atoms with Gasteiger partial charge in [-0.3, -0.25) is 9.10 Å². The van der Waals surface area contributed by atoms with Gasteiger partial charge in [-0.1, -0.05) is 41.9 Å². The molecule has 4 rings (SSSR count). The van der Waals surface area contributed by atoms with Gasteiger partial charge < -0.3 is 10.1 Å². The average molecular weight is 513 g/mol. The number of rotatable bonds is 9. The minimum absolute atomic E-state index is 0.0349. The van der Waals surface area contributed by atoms with Crippen LogP contribution in [-0.4, -0.2) is 27.5 Å². The van der Waals surface area contributed by atoms with Gasteiger partial charge in [-0.2, -0.15) is 0 Å². The molecule has 1 aliphatic carbocycles. The number of halogens is 1. The largest absolute Gasteiger partial charge is 0.492 e. The quantitative estimate of drug-likeness (QED) is 0.422. The molecule has 1 aliphatic rings. The Morgan fingerprint density at radius 1 is 1.06 bits per heavy atom. The summed E-state index contributed by atoms with van der Waals surface area (Å²) >= 11 is 5.97. The highest BCUT2D eigenvalue weighted by atomic mass is 35.5. The minimum atomic E-state index is -4.08. The third-order valence-corrected chi connectivity index (χ3v) is 8.15. The van der Waals surface area contributed by atoms with Crippen molar-refractivity contribution in [2.45, 2.75) is 44.0 Å². The standard InChI is InChI=1S/C27H29ClN2O4S/c1-3-34-26-10-5-4-9-25(26)30(35(32,33)24-15-13-23(28)14-16-24)18-27(31)29-19(2)21-12-11-20-7-6-8-22(20)17-21/h4-5,9-17,19H,3,6-8,18H2,1-2H3,(H,29,31)/t19-/m0/s1. The van der Waals surface area contributed by atoms with Crippen LogP contribution in [0, 0.1) is 0 Å². The van der Waals surface area contributed by atoms with Crippen LogP contribution in [0.5, 0.6) is 5.75 Å². The van der Waals surface area contributed by atoms with E-state index in [2.05, 4.69) is 17.4 Å². The van der Waals surface area contributed by atoms with Crippen molar-refractivity contribution in [2.24, 2.45) is 0 Å². The van der Waals surface area contributed by atoms with Gasteiger partial charge in [0.15, 0.2) is 0 Å². The first-order valence-electron chi connectivity index (χ1n) is 11.7. The maximum absolute atomic E-state index is 13.7. The van der Waals surface area contributed by atoms with Gasteiger partial charge in [-0.25, -0.2) is 8.42 Å². The van der Waals surface area contributed by atoms with Crippen molar-refractivity contribution in [3.63, 3.8) is 0 Å². The van der Waals surface area contributed by atoms with Crippen LogP contribution in [0.2, 0.25) is 5.02 Å². The van der Waals surface area contributed by atoms with Gasteiger partial charge in [0.1, 0.15) is 12.3 Å². The van der Waals surface area contributed by atoms with Crippen molar-refractivity contribution >= 4 is 33.2 Å². The first-order valence-corrected chi connectivity index (χ1v) is 13.5. The van der Waals surface area contributed by atoms with Crippen molar-refractivity contribution in [3.05, 3.63) is 88.4 Å². The van der Waals surface area contributed by atoms with E-state index in [9.17, 15) is 13.2 Å². The van der Waals surface area contributed by atoms with Crippen LogP contribution >= 0.6 is 11.6 Å². The van der Waals surface area contributed by atoms with Gasteiger partial charge in [0.05, 0.1) is 23.2 Å². The van der Waals surface area contributed by atoms with E-state index in [1.54, 1.807) is 24.3 Å². The van der Waals surface area contributed by atoms with Crippen LogP contribution in [-0.2, 0) is 27.7 Å². The van der Waals surface area contributed by atoms with Gasteiger partial charge in [0.2, 0.25) is 5.91 Å². The van der Waals surface area contributed by atoms with E-state index in [1.165, 1.54) is 35.4 Å². The monoisotopic (exact) mass is 512 g/mol. The van der Waals surface area contributed by atoms with Gasteiger partial charge in [-0.15, -0.1) is 0 Å². The van der Waals surface area contributed by atoms with Crippen LogP contribution in [0.25, 0.3) is 0 Å². The number of sulfonamides is 1. The number of aryl methyl sites for hydroxylation is 2. The number of carbonyl (C=O) groups excluding carboxylic acids is 1. The molecule has 3 aromatic rings. The lowest BCUT2D eigenvalue weighted by molar-refractivity contribution is -0.120. The fourth-order valence-corrected chi connectivity index (χ4v) is 5.89. The van der Waals surface area contributed by atoms with Crippen LogP contribution in [0.1, 0.15) is 43.0 Å². The number of fused-ring (bicyclic) bond motifs is 1. The fraction of sp³-hybridized carbons (Fsp3) is 0.296. The summed E-state index contributed by atoms with van der Waals surface area (Å²) in [7, 11) is -4.08. The lowest BCUT2D eigenvalue weighted by Crippen LogP contribution is -2.41. The van der Waals surface area contributed by atoms with Gasteiger partial charge in [-0.05, 0) is 86.2 Å². The Balaban J connectivity index is 1.62. The molecule has 0 spiro atoms. The van der Waals surface area contributed by atoms with Crippen molar-refractivity contribution in [3.8, 4) is 5.75 Å². The molecule has 0 aromatic heterocycles. The number of amides is 1. The van der Waals surface area contributed by atoms with Crippen molar-refractivity contribution in [1.82, 2.24) is 5.32 Å². The zero-order chi connectivity index (χ0) is 25.0. The molecule has 0 bridgehead atoms. The highest BCUT2D eigenvalue weighted by Gasteiger charge is 2.30. The Hall–Kier alpha value is -3.03. The molecule has 184 valence electrons. The lowest BCUT2D eigenvalue weighted by atomic mass is 10.0. The summed E-state index contributed by atoms with van der Waals surface area (Å²) in [6, 6.07) is 18.7. The second-order valence-corrected chi connectivity index (χ2v) is 10.8. The topological polar surface area (TPSA) is 75.7 Å². The normalized spacial score (nSPS) is 13.7. The van der Waals surface area contributed by atoms with Crippen LogP contribution < -0.4 is 14.4 Å². The summed E-state index contributed by atoms with van der Waals surface area (Å²) in [5.41, 5.74) is 3.98. The third kappa shape index (κ3) is 5.63. The average Bonchev–Trinajstić information content (AvgIpc) is 3.31. The number of hydrogen-bond acceptors (Lipinski definition) is 4. The highest BCUT2D eigenvalue weighted by Crippen LogP contribution is 2.33. The number of carbonyl (C=O) groups is 1. The van der Waals surface area contributed by atoms with Crippen molar-refractivity contribution in [2.75, 3.05) is 17.5 Å². The molecule has 8 heteroatoms. The van der Waals surface area contributed by atoms with Gasteiger partial charge in [0, 0.05) is 5.02 Å². The van der Waals surface area contributed by atoms with E-state index in [0.29, 0.717) is 23.1 Å². The van der Waals surface area contributed by atoms with Crippen LogP contribution in [0.15, 0.2) is 71.6 Å². The first-order chi connectivity index (χ1) is 16.8. The van der Waals surface area contributed by atoms with Crippen molar-refractivity contribution < 1.29 is 17.9 Å². The number of nitrogens with zero attached hydrogens (tertiary/aromatic N) is 1. The fourth-order valence-electron chi connectivity index (χ4n) is 4.34. The number of nitrogens with one attached hydrogen (secondary N) is 1. The Morgan fingerprint density at radius 3 is 2.51 bits per heavy atom. The zero-order valence-electron chi connectivity index (χ0n) is 19.8. The van der Waals surface area contributed by atoms with E-state index in [4.69, 9.17) is 16.3 Å². The molecule has 35 heavy (non-hydrogen) atoms. The van der Waals surface area contributed by atoms with E-state index in [-0.39, 0.29) is 10.9 Å². The van der Waals surface area contributed by atoms with E-state index >= 15 is 0 Å². The number of para-hydroxylation sites is 2. The van der Waals surface area contributed by atoms with E-state index < -0.39 is 22.5 Å². The molecular formula is C27H29ClN2O4S. The predicted molar refractivity (Wildman–Crippen MR) is 139 cm³/mol. The summed E-state index contributed by atoms with van der Waals surface area (Å²) < 4.78 is 34.1. The molecule has 0 saturated carbocycles. The van der Waals surface area contributed by atoms with Gasteiger partial charge in [0.25, 0.3) is 10.0 Å². The number of ether oxygens (including phenoxy) is 1. The van der Waals surface area contributed by atoms with E-state index in [1.807, 2.05) is 19.9 Å². The Kier molecular flexibility index (Phi) is 7.67. The molecule has 3 aromatic carbocycles. The summed E-state index contributed by atoms with van der Waals surface area (Å²) in [6.45, 7) is 3.68. The molecule has 1 N–H and O–H groups in total. The predicted octanol–water partition coefficient (Wildman–Crippen LogP) is 5.30. The Morgan fingerprint density at radius 2 is 1.77 bits per heavy atom. The molecule has 0 unspecified atom stereocenters. The molecule has 0 saturated heterocycles. The lowest BCUT2D eigenvalue weighted by Gasteiger charge is -2.26. The van der Waals surface area contributed by atoms with Crippen LogP contribution in [0.3, 0.4) is 0 Å². The molecule has 1 amide bonds. The molecular weight excluding hydrogens is 484 g/mol. The Bertz CT molecular complexity index is 1310. The molecule has 6 nitrogen and oxygen atoms in total. The molecule has 1 atom stereocenters. The summed E-state index contributed by atoms with van der Waals surface area (Å²) in [5, 5.41) is 3.39. The number of anilines is 1. The number of hydrogen-bond donors (Lipinski definition) is 1. The molecule has 0 radical (unpaired) electrons. The second kappa shape index (κ2) is 10.7. The van der Waals surface area contributed by atoms with Gasteiger partial charge >= 0.3 is 0 Å². The maximum atomic E-state index is 13.7. The second-order valence-electron chi connectivity index (χ2n) is 8.54. The third-order valence-electron chi connectivity index (χ3n) is 6.12. The maximum Gasteiger partial charge on any atom is 0.264 e. The molecule has 0 fully saturated rings. The van der Waals surface area contributed by atoms with E-state index in [0.717, 1.165) is 29.1 Å². The Labute approximate surface area is 211 Å². The summed E-state index contributed by atoms with van der Waals surface area (Å²) in [6.07, 6.45) is 3.29. The summed E-state index contributed by atoms with van der Waals surface area (Å²) in [4.78, 5) is 13.2.